The van der Waals surface area contributed by atoms with Gasteiger partial charge in [-0.15, -0.1) is 0 Å². The Hall–Kier alpha value is -0.820. The Morgan fingerprint density at radius 3 is 2.38 bits per heavy atom. The highest BCUT2D eigenvalue weighted by molar-refractivity contribution is 5.21. The summed E-state index contributed by atoms with van der Waals surface area (Å²) in [5.74, 6) is 0. The second kappa shape index (κ2) is 4.43. The minimum atomic E-state index is -0.655. The van der Waals surface area contributed by atoms with Gasteiger partial charge in [0.25, 0.3) is 0 Å². The lowest BCUT2D eigenvalue weighted by molar-refractivity contribution is 0.0454. The van der Waals surface area contributed by atoms with Gasteiger partial charge >= 0.3 is 0 Å². The molecule has 0 fully saturated rings. The predicted molar refractivity (Wildman–Crippen MR) is 55.5 cm³/mol. The summed E-state index contributed by atoms with van der Waals surface area (Å²) < 4.78 is 0. The Labute approximate surface area is 80.4 Å². The zero-order chi connectivity index (χ0) is 9.73. The number of rotatable bonds is 4. The molecule has 0 aliphatic rings. The highest BCUT2D eigenvalue weighted by Gasteiger charge is 2.21. The highest BCUT2D eigenvalue weighted by Crippen LogP contribution is 2.25. The van der Waals surface area contributed by atoms with E-state index in [-0.39, 0.29) is 0 Å². The summed E-state index contributed by atoms with van der Waals surface area (Å²) in [7, 11) is 0. The average Bonchev–Trinajstić information content (AvgIpc) is 2.16. The van der Waals surface area contributed by atoms with Crippen molar-refractivity contribution >= 4 is 0 Å². The average molecular weight is 178 g/mol. The van der Waals surface area contributed by atoms with Crippen molar-refractivity contribution in [3.05, 3.63) is 35.9 Å². The van der Waals surface area contributed by atoms with Gasteiger partial charge in [0.15, 0.2) is 0 Å². The van der Waals surface area contributed by atoms with Crippen molar-refractivity contribution in [3.8, 4) is 0 Å². The van der Waals surface area contributed by atoms with Crippen molar-refractivity contribution < 1.29 is 5.11 Å². The molecule has 1 aromatic rings. The van der Waals surface area contributed by atoms with E-state index in [9.17, 15) is 5.11 Å². The van der Waals surface area contributed by atoms with Crippen LogP contribution in [0.25, 0.3) is 0 Å². The summed E-state index contributed by atoms with van der Waals surface area (Å²) in [6.45, 7) is 4.03. The minimum Gasteiger partial charge on any atom is -0.385 e. The summed E-state index contributed by atoms with van der Waals surface area (Å²) in [5, 5.41) is 10.1. The van der Waals surface area contributed by atoms with Gasteiger partial charge in [0.1, 0.15) is 0 Å². The van der Waals surface area contributed by atoms with E-state index in [2.05, 4.69) is 6.92 Å². The van der Waals surface area contributed by atoms with E-state index >= 15 is 0 Å². The first-order valence-electron chi connectivity index (χ1n) is 4.94. The first kappa shape index (κ1) is 10.3. The van der Waals surface area contributed by atoms with Crippen molar-refractivity contribution in [2.75, 3.05) is 0 Å². The minimum absolute atomic E-state index is 0.655. The van der Waals surface area contributed by atoms with Gasteiger partial charge < -0.3 is 5.11 Å². The zero-order valence-electron chi connectivity index (χ0n) is 8.46. The molecule has 0 saturated heterocycles. The molecular weight excluding hydrogens is 160 g/mol. The maximum atomic E-state index is 10.1. The Balaban J connectivity index is 2.69. The Bertz CT molecular complexity index is 239. The fourth-order valence-corrected chi connectivity index (χ4v) is 1.46. The van der Waals surface area contributed by atoms with Crippen LogP contribution in [0.3, 0.4) is 0 Å². The van der Waals surface area contributed by atoms with Gasteiger partial charge in [0.05, 0.1) is 5.60 Å². The van der Waals surface area contributed by atoms with Crippen LogP contribution < -0.4 is 0 Å². The van der Waals surface area contributed by atoms with E-state index in [1.807, 2.05) is 37.3 Å². The molecule has 13 heavy (non-hydrogen) atoms. The molecule has 1 nitrogen and oxygen atoms in total. The summed E-state index contributed by atoms with van der Waals surface area (Å²) >= 11 is 0. The summed E-state index contributed by atoms with van der Waals surface area (Å²) in [6.07, 6.45) is 3.04. The van der Waals surface area contributed by atoms with Crippen LogP contribution in [-0.2, 0) is 5.60 Å². The third kappa shape index (κ3) is 2.85. The van der Waals surface area contributed by atoms with Gasteiger partial charge in [0.2, 0.25) is 0 Å². The van der Waals surface area contributed by atoms with Crippen LogP contribution in [0, 0.1) is 0 Å². The van der Waals surface area contributed by atoms with Crippen molar-refractivity contribution in [1.82, 2.24) is 0 Å². The lowest BCUT2D eigenvalue weighted by Crippen LogP contribution is -2.20. The van der Waals surface area contributed by atoms with Crippen LogP contribution in [0.2, 0.25) is 0 Å². The molecule has 0 bridgehead atoms. The van der Waals surface area contributed by atoms with E-state index < -0.39 is 5.60 Å². The molecule has 0 spiro atoms. The molecule has 0 aromatic heterocycles. The Morgan fingerprint density at radius 2 is 1.85 bits per heavy atom. The molecule has 72 valence electrons. The summed E-state index contributed by atoms with van der Waals surface area (Å²) in [5.41, 5.74) is 0.362. The van der Waals surface area contributed by atoms with Gasteiger partial charge in [0, 0.05) is 0 Å². The molecule has 1 N–H and O–H groups in total. The van der Waals surface area contributed by atoms with E-state index in [1.165, 1.54) is 0 Å². The number of hydrogen-bond donors (Lipinski definition) is 1. The molecule has 1 aromatic carbocycles. The first-order valence-corrected chi connectivity index (χ1v) is 4.94. The van der Waals surface area contributed by atoms with Crippen LogP contribution in [-0.4, -0.2) is 5.11 Å². The van der Waals surface area contributed by atoms with Crippen molar-refractivity contribution in [2.24, 2.45) is 0 Å². The molecule has 1 atom stereocenters. The fraction of sp³-hybridized carbons (Fsp3) is 0.500. The van der Waals surface area contributed by atoms with Crippen LogP contribution in [0.4, 0.5) is 0 Å². The van der Waals surface area contributed by atoms with Crippen LogP contribution in [0.1, 0.15) is 38.7 Å². The zero-order valence-corrected chi connectivity index (χ0v) is 8.46. The number of unbranched alkanes of at least 4 members (excludes halogenated alkanes) is 1. The molecular formula is C12H18O. The molecule has 1 rings (SSSR count). The Morgan fingerprint density at radius 1 is 1.23 bits per heavy atom. The Kier molecular flexibility index (Phi) is 3.49. The SMILES string of the molecule is CCCCC(C)(O)c1ccccc1. The first-order chi connectivity index (χ1) is 6.17. The summed E-state index contributed by atoms with van der Waals surface area (Å²) in [4.78, 5) is 0. The van der Waals surface area contributed by atoms with Gasteiger partial charge in [-0.1, -0.05) is 50.1 Å². The molecule has 0 aliphatic heterocycles. The molecule has 0 heterocycles. The van der Waals surface area contributed by atoms with E-state index in [1.54, 1.807) is 0 Å². The van der Waals surface area contributed by atoms with Gasteiger partial charge in [-0.25, -0.2) is 0 Å². The molecule has 0 aliphatic carbocycles. The normalized spacial score (nSPS) is 15.3. The molecule has 0 saturated carbocycles. The molecule has 0 radical (unpaired) electrons. The third-order valence-electron chi connectivity index (χ3n) is 2.41. The second-order valence-electron chi connectivity index (χ2n) is 3.74. The van der Waals surface area contributed by atoms with E-state index in [4.69, 9.17) is 0 Å². The molecule has 1 heteroatoms. The van der Waals surface area contributed by atoms with E-state index in [0.29, 0.717) is 0 Å². The maximum Gasteiger partial charge on any atom is 0.0868 e. The van der Waals surface area contributed by atoms with Crippen molar-refractivity contribution in [3.63, 3.8) is 0 Å². The maximum absolute atomic E-state index is 10.1. The van der Waals surface area contributed by atoms with Crippen molar-refractivity contribution in [2.45, 2.75) is 38.7 Å². The van der Waals surface area contributed by atoms with Crippen LogP contribution in [0.15, 0.2) is 30.3 Å². The van der Waals surface area contributed by atoms with Crippen LogP contribution in [0.5, 0.6) is 0 Å². The predicted octanol–water partition coefficient (Wildman–Crippen LogP) is 3.08. The van der Waals surface area contributed by atoms with Gasteiger partial charge in [-0.3, -0.25) is 0 Å². The monoisotopic (exact) mass is 178 g/mol. The second-order valence-corrected chi connectivity index (χ2v) is 3.74. The standard InChI is InChI=1S/C12H18O/c1-3-4-10-12(2,13)11-8-6-5-7-9-11/h5-9,13H,3-4,10H2,1-2H3. The quantitative estimate of drug-likeness (QED) is 0.751. The lowest BCUT2D eigenvalue weighted by atomic mass is 9.91. The number of aliphatic hydroxyl groups is 1. The smallest absolute Gasteiger partial charge is 0.0868 e. The topological polar surface area (TPSA) is 20.2 Å². The molecule has 1 unspecified atom stereocenters. The number of benzene rings is 1. The lowest BCUT2D eigenvalue weighted by Gasteiger charge is -2.23. The molecule has 0 amide bonds. The largest absolute Gasteiger partial charge is 0.385 e. The van der Waals surface area contributed by atoms with Gasteiger partial charge in [-0.2, -0.15) is 0 Å². The highest BCUT2D eigenvalue weighted by atomic mass is 16.3. The van der Waals surface area contributed by atoms with Crippen molar-refractivity contribution in [1.29, 1.82) is 0 Å². The van der Waals surface area contributed by atoms with E-state index in [0.717, 1.165) is 24.8 Å². The number of hydrogen-bond acceptors (Lipinski definition) is 1. The van der Waals surface area contributed by atoms with Crippen LogP contribution >= 0.6 is 0 Å². The summed E-state index contributed by atoms with van der Waals surface area (Å²) in [6, 6.07) is 9.87. The fourth-order valence-electron chi connectivity index (χ4n) is 1.46. The third-order valence-corrected chi connectivity index (χ3v) is 2.41. The van der Waals surface area contributed by atoms with Gasteiger partial charge in [-0.05, 0) is 18.9 Å².